The minimum Gasteiger partial charge on any atom is -0.266 e. The summed E-state index contributed by atoms with van der Waals surface area (Å²) >= 11 is 1.14. The first-order chi connectivity index (χ1) is 15.8. The maximum atomic E-state index is 13.7. The molecule has 0 radical (unpaired) electrons. The summed E-state index contributed by atoms with van der Waals surface area (Å²) < 4.78 is 56.8. The van der Waals surface area contributed by atoms with Crippen LogP contribution in [0.4, 0.5) is 10.8 Å². The van der Waals surface area contributed by atoms with Crippen LogP contribution in [0, 0.1) is 6.92 Å². The first kappa shape index (κ1) is 21.8. The summed E-state index contributed by atoms with van der Waals surface area (Å²) in [5.41, 5.74) is 1.17. The molecule has 0 aliphatic carbocycles. The molecule has 0 unspecified atom stereocenters. The highest BCUT2D eigenvalue weighted by Crippen LogP contribution is 2.35. The first-order valence-corrected chi connectivity index (χ1v) is 14.0. The van der Waals surface area contributed by atoms with Gasteiger partial charge >= 0.3 is 0 Å². The molecule has 0 amide bonds. The monoisotopic (exact) mass is 500 g/mol. The third kappa shape index (κ3) is 3.96. The Bertz CT molecular complexity index is 1570. The van der Waals surface area contributed by atoms with E-state index in [1.54, 1.807) is 31.2 Å². The van der Waals surface area contributed by atoms with Gasteiger partial charge in [-0.05, 0) is 55.0 Å². The standard InChI is InChI=1S/C22H20N4O4S3/c1-15-23-24-22(31-15)25-32(27,28)18-11-12-20-17(14-18)8-5-13-26(20)33(29,30)21-10-4-7-16-6-2-3-9-19(16)21/h2-4,6-7,9-12,14H,5,8,13H2,1H3,(H,24,25). The third-order valence-corrected chi connectivity index (χ3v) is 9.59. The molecule has 8 nitrogen and oxygen atoms in total. The Kier molecular flexibility index (Phi) is 5.34. The van der Waals surface area contributed by atoms with Crippen LogP contribution in [-0.2, 0) is 26.5 Å². The topological polar surface area (TPSA) is 109 Å². The van der Waals surface area contributed by atoms with Crippen LogP contribution in [-0.4, -0.2) is 33.6 Å². The molecule has 0 spiro atoms. The molecule has 1 N–H and O–H groups in total. The van der Waals surface area contributed by atoms with E-state index >= 15 is 0 Å². The lowest BCUT2D eigenvalue weighted by Gasteiger charge is -2.31. The predicted molar refractivity (Wildman–Crippen MR) is 129 cm³/mol. The number of hydrogen-bond donors (Lipinski definition) is 1. The smallest absolute Gasteiger partial charge is 0.264 e. The minimum atomic E-state index is -3.88. The summed E-state index contributed by atoms with van der Waals surface area (Å²) in [7, 11) is -7.72. The zero-order valence-electron chi connectivity index (χ0n) is 17.6. The van der Waals surface area contributed by atoms with Crippen molar-refractivity contribution in [3.8, 4) is 0 Å². The van der Waals surface area contributed by atoms with Gasteiger partial charge in [0.2, 0.25) is 5.13 Å². The van der Waals surface area contributed by atoms with E-state index in [-0.39, 0.29) is 14.9 Å². The van der Waals surface area contributed by atoms with Crippen LogP contribution in [0.25, 0.3) is 10.8 Å². The van der Waals surface area contributed by atoms with Crippen molar-refractivity contribution in [1.82, 2.24) is 10.2 Å². The van der Waals surface area contributed by atoms with E-state index in [9.17, 15) is 16.8 Å². The average Bonchev–Trinajstić information content (AvgIpc) is 3.21. The number of sulfonamides is 2. The van der Waals surface area contributed by atoms with E-state index in [1.165, 1.54) is 16.4 Å². The second-order valence-electron chi connectivity index (χ2n) is 7.68. The van der Waals surface area contributed by atoms with E-state index in [0.29, 0.717) is 41.0 Å². The number of aromatic nitrogens is 2. The lowest BCUT2D eigenvalue weighted by Crippen LogP contribution is -2.35. The van der Waals surface area contributed by atoms with Crippen molar-refractivity contribution in [2.45, 2.75) is 29.6 Å². The van der Waals surface area contributed by atoms with Crippen LogP contribution in [0.2, 0.25) is 0 Å². The van der Waals surface area contributed by atoms with Gasteiger partial charge in [0, 0.05) is 11.9 Å². The Morgan fingerprint density at radius 2 is 1.76 bits per heavy atom. The molecule has 0 fully saturated rings. The normalized spacial score (nSPS) is 14.3. The molecule has 1 aliphatic heterocycles. The van der Waals surface area contributed by atoms with Crippen molar-refractivity contribution < 1.29 is 16.8 Å². The van der Waals surface area contributed by atoms with Gasteiger partial charge in [-0.25, -0.2) is 16.8 Å². The fourth-order valence-electron chi connectivity index (χ4n) is 4.01. The van der Waals surface area contributed by atoms with Crippen LogP contribution in [0.15, 0.2) is 70.5 Å². The van der Waals surface area contributed by atoms with Crippen LogP contribution < -0.4 is 9.03 Å². The summed E-state index contributed by atoms with van der Waals surface area (Å²) in [5.74, 6) is 0. The van der Waals surface area contributed by atoms with E-state index in [2.05, 4.69) is 14.9 Å². The first-order valence-electron chi connectivity index (χ1n) is 10.2. The number of aryl methyl sites for hydroxylation is 2. The summed E-state index contributed by atoms with van der Waals surface area (Å²) in [6, 6.07) is 17.1. The number of hydrogen-bond acceptors (Lipinski definition) is 7. The van der Waals surface area contributed by atoms with Crippen molar-refractivity contribution in [2.75, 3.05) is 15.6 Å². The van der Waals surface area contributed by atoms with Gasteiger partial charge in [0.25, 0.3) is 20.0 Å². The van der Waals surface area contributed by atoms with Gasteiger partial charge in [-0.1, -0.05) is 47.7 Å². The van der Waals surface area contributed by atoms with Gasteiger partial charge in [-0.2, -0.15) is 0 Å². The summed E-state index contributed by atoms with van der Waals surface area (Å²) in [6.45, 7) is 2.06. The molecule has 0 bridgehead atoms. The van der Waals surface area contributed by atoms with Crippen molar-refractivity contribution in [2.24, 2.45) is 0 Å². The molecule has 0 atom stereocenters. The van der Waals surface area contributed by atoms with Crippen molar-refractivity contribution in [3.63, 3.8) is 0 Å². The van der Waals surface area contributed by atoms with Gasteiger partial charge in [0.15, 0.2) is 0 Å². The lowest BCUT2D eigenvalue weighted by atomic mass is 10.0. The van der Waals surface area contributed by atoms with Crippen LogP contribution >= 0.6 is 11.3 Å². The van der Waals surface area contributed by atoms with Gasteiger partial charge in [0.05, 0.1) is 15.5 Å². The van der Waals surface area contributed by atoms with Gasteiger partial charge in [0.1, 0.15) is 5.01 Å². The second-order valence-corrected chi connectivity index (χ2v) is 12.4. The predicted octanol–water partition coefficient (Wildman–Crippen LogP) is 3.94. The number of fused-ring (bicyclic) bond motifs is 2. The van der Waals surface area contributed by atoms with E-state index in [0.717, 1.165) is 16.7 Å². The van der Waals surface area contributed by atoms with Crippen molar-refractivity contribution >= 4 is 53.0 Å². The van der Waals surface area contributed by atoms with Gasteiger partial charge < -0.3 is 0 Å². The molecular formula is C22H20N4O4S3. The lowest BCUT2D eigenvalue weighted by molar-refractivity contribution is 0.587. The Hall–Kier alpha value is -3.02. The zero-order valence-corrected chi connectivity index (χ0v) is 20.0. The molecule has 0 saturated carbocycles. The molecule has 33 heavy (non-hydrogen) atoms. The molecule has 170 valence electrons. The maximum Gasteiger partial charge on any atom is 0.264 e. The zero-order chi connectivity index (χ0) is 23.2. The largest absolute Gasteiger partial charge is 0.266 e. The fourth-order valence-corrected chi connectivity index (χ4v) is 7.64. The highest BCUT2D eigenvalue weighted by Gasteiger charge is 2.31. The minimum absolute atomic E-state index is 0.0542. The number of nitrogens with one attached hydrogen (secondary N) is 1. The van der Waals surface area contributed by atoms with E-state index in [1.807, 2.05) is 24.3 Å². The van der Waals surface area contributed by atoms with Crippen molar-refractivity contribution in [1.29, 1.82) is 0 Å². The molecule has 4 aromatic rings. The number of benzene rings is 3. The van der Waals surface area contributed by atoms with Crippen LogP contribution in [0.3, 0.4) is 0 Å². The van der Waals surface area contributed by atoms with E-state index < -0.39 is 20.0 Å². The summed E-state index contributed by atoms with van der Waals surface area (Å²) in [4.78, 5) is 0.289. The highest BCUT2D eigenvalue weighted by molar-refractivity contribution is 7.93. The molecule has 3 aromatic carbocycles. The Morgan fingerprint density at radius 1 is 0.970 bits per heavy atom. The summed E-state index contributed by atoms with van der Waals surface area (Å²) in [6.07, 6.45) is 1.17. The molecule has 1 aliphatic rings. The number of nitrogens with zero attached hydrogens (tertiary/aromatic N) is 3. The molecule has 11 heteroatoms. The molecular weight excluding hydrogens is 480 g/mol. The van der Waals surface area contributed by atoms with Crippen molar-refractivity contribution in [3.05, 3.63) is 71.2 Å². The Morgan fingerprint density at radius 3 is 2.55 bits per heavy atom. The number of anilines is 2. The maximum absolute atomic E-state index is 13.7. The quantitative estimate of drug-likeness (QED) is 0.445. The Labute approximate surface area is 196 Å². The number of rotatable bonds is 5. The molecule has 1 aromatic heterocycles. The molecule has 5 rings (SSSR count). The van der Waals surface area contributed by atoms with Crippen LogP contribution in [0.5, 0.6) is 0 Å². The highest BCUT2D eigenvalue weighted by atomic mass is 32.2. The van der Waals surface area contributed by atoms with Gasteiger partial charge in [-0.15, -0.1) is 10.2 Å². The third-order valence-electron chi connectivity index (χ3n) is 5.50. The fraction of sp³-hybridized carbons (Fsp3) is 0.182. The van der Waals surface area contributed by atoms with Gasteiger partial charge in [-0.3, -0.25) is 9.03 Å². The molecule has 2 heterocycles. The van der Waals surface area contributed by atoms with E-state index in [4.69, 9.17) is 0 Å². The average molecular weight is 501 g/mol. The SMILES string of the molecule is Cc1nnc(NS(=O)(=O)c2ccc3c(c2)CCCN3S(=O)(=O)c2cccc3ccccc23)s1. The Balaban J connectivity index is 1.53. The summed E-state index contributed by atoms with van der Waals surface area (Å²) in [5, 5.41) is 9.96. The molecule has 0 saturated heterocycles. The second kappa shape index (κ2) is 8.08. The van der Waals surface area contributed by atoms with Crippen LogP contribution in [0.1, 0.15) is 17.0 Å².